The van der Waals surface area contributed by atoms with Crippen LogP contribution >= 0.6 is 11.3 Å². The van der Waals surface area contributed by atoms with Gasteiger partial charge in [-0.1, -0.05) is 6.07 Å². The Hall–Kier alpha value is -2.06. The molecule has 2 aromatic rings. The highest BCUT2D eigenvalue weighted by molar-refractivity contribution is 7.91. The second-order valence-corrected chi connectivity index (χ2v) is 8.69. The number of amides is 2. The summed E-state index contributed by atoms with van der Waals surface area (Å²) in [5.74, 6) is 0.589. The van der Waals surface area contributed by atoms with Crippen LogP contribution in [0, 0.1) is 0 Å². The highest BCUT2D eigenvalue weighted by atomic mass is 32.2. The first-order chi connectivity index (χ1) is 12.4. The number of benzene rings is 1. The van der Waals surface area contributed by atoms with Gasteiger partial charge < -0.3 is 15.0 Å². The first-order valence-corrected chi connectivity index (χ1v) is 10.8. The molecular weight excluding hydrogens is 372 g/mol. The molecule has 0 fully saturated rings. The van der Waals surface area contributed by atoms with Gasteiger partial charge in [0.2, 0.25) is 0 Å². The fraction of sp³-hybridized carbons (Fsp3) is 0.389. The maximum Gasteiger partial charge on any atom is 0.317 e. The number of nitrogens with zero attached hydrogens (tertiary/aromatic N) is 1. The van der Waals surface area contributed by atoms with Crippen molar-refractivity contribution in [1.82, 2.24) is 10.2 Å². The van der Waals surface area contributed by atoms with E-state index in [0.29, 0.717) is 23.7 Å². The second kappa shape index (κ2) is 9.05. The van der Waals surface area contributed by atoms with Crippen LogP contribution < -0.4 is 10.1 Å². The molecule has 0 radical (unpaired) electrons. The molecule has 0 aliphatic heterocycles. The molecule has 0 spiro atoms. The molecule has 0 aliphatic rings. The third kappa shape index (κ3) is 4.56. The summed E-state index contributed by atoms with van der Waals surface area (Å²) in [5.41, 5.74) is 0. The normalized spacial score (nSPS) is 12.4. The highest BCUT2D eigenvalue weighted by Crippen LogP contribution is 2.32. The van der Waals surface area contributed by atoms with Gasteiger partial charge in [0.25, 0.3) is 0 Å². The first kappa shape index (κ1) is 20.3. The van der Waals surface area contributed by atoms with Gasteiger partial charge in [-0.25, -0.2) is 13.2 Å². The molecule has 1 heterocycles. The van der Waals surface area contributed by atoms with Crippen molar-refractivity contribution in [1.29, 1.82) is 0 Å². The Morgan fingerprint density at radius 3 is 2.35 bits per heavy atom. The molecule has 1 unspecified atom stereocenters. The minimum atomic E-state index is -3.66. The van der Waals surface area contributed by atoms with Crippen LogP contribution in [-0.2, 0) is 9.84 Å². The largest absolute Gasteiger partial charge is 0.497 e. The van der Waals surface area contributed by atoms with Gasteiger partial charge >= 0.3 is 6.03 Å². The smallest absolute Gasteiger partial charge is 0.317 e. The lowest BCUT2D eigenvalue weighted by molar-refractivity contribution is 0.203. The van der Waals surface area contributed by atoms with Crippen LogP contribution in [0.3, 0.4) is 0 Å². The third-order valence-electron chi connectivity index (χ3n) is 4.11. The molecule has 26 heavy (non-hydrogen) atoms. The van der Waals surface area contributed by atoms with Gasteiger partial charge in [-0.05, 0) is 49.6 Å². The van der Waals surface area contributed by atoms with E-state index in [0.717, 1.165) is 0 Å². The molecule has 0 saturated heterocycles. The Morgan fingerprint density at radius 1 is 1.19 bits per heavy atom. The number of carbonyl (C=O) groups is 1. The van der Waals surface area contributed by atoms with Crippen LogP contribution in [0.1, 0.15) is 24.0 Å². The maximum atomic E-state index is 13.2. The molecular formula is C18H24N2O4S2. The summed E-state index contributed by atoms with van der Waals surface area (Å²) < 4.78 is 31.4. The predicted octanol–water partition coefficient (Wildman–Crippen LogP) is 3.32. The molecule has 1 aromatic carbocycles. The van der Waals surface area contributed by atoms with E-state index in [-0.39, 0.29) is 17.5 Å². The summed E-state index contributed by atoms with van der Waals surface area (Å²) in [5, 5.41) is 3.76. The number of methoxy groups -OCH3 is 1. The van der Waals surface area contributed by atoms with Crippen molar-refractivity contribution in [3.05, 3.63) is 46.7 Å². The minimum absolute atomic E-state index is 0.0181. The number of thiophene rings is 1. The van der Waals surface area contributed by atoms with E-state index < -0.39 is 15.1 Å². The fourth-order valence-corrected chi connectivity index (χ4v) is 5.35. The van der Waals surface area contributed by atoms with E-state index in [2.05, 4.69) is 5.32 Å². The van der Waals surface area contributed by atoms with E-state index in [1.165, 1.54) is 30.6 Å². The lowest BCUT2D eigenvalue weighted by Gasteiger charge is -2.22. The van der Waals surface area contributed by atoms with Crippen molar-refractivity contribution in [3.8, 4) is 5.75 Å². The Kier molecular flexibility index (Phi) is 7.05. The van der Waals surface area contributed by atoms with E-state index in [1.807, 2.05) is 25.3 Å². The van der Waals surface area contributed by atoms with Gasteiger partial charge in [0.15, 0.2) is 9.84 Å². The van der Waals surface area contributed by atoms with Crippen LogP contribution in [0.2, 0.25) is 0 Å². The summed E-state index contributed by atoms with van der Waals surface area (Å²) in [6, 6.07) is 9.62. The molecule has 0 aliphatic carbocycles. The fourth-order valence-electron chi connectivity index (χ4n) is 2.57. The van der Waals surface area contributed by atoms with E-state index in [1.54, 1.807) is 23.1 Å². The topological polar surface area (TPSA) is 75.7 Å². The van der Waals surface area contributed by atoms with Crippen molar-refractivity contribution < 1.29 is 17.9 Å². The summed E-state index contributed by atoms with van der Waals surface area (Å²) >= 11 is 1.36. The molecule has 1 N–H and O–H groups in total. The Balaban J connectivity index is 2.28. The number of ether oxygens (including phenoxy) is 1. The van der Waals surface area contributed by atoms with Crippen LogP contribution in [0.25, 0.3) is 0 Å². The molecule has 2 amide bonds. The first-order valence-electron chi connectivity index (χ1n) is 8.38. The second-order valence-electron chi connectivity index (χ2n) is 5.58. The third-order valence-corrected chi connectivity index (χ3v) is 7.35. The quantitative estimate of drug-likeness (QED) is 0.743. The standard InChI is InChI=1S/C18H24N2O4S2/c1-4-20(5-2)18(21)19-13-17(16-7-6-12-25-16)26(22,23)15-10-8-14(24-3)9-11-15/h6-12,17H,4-5,13H2,1-3H3,(H,19,21). The monoisotopic (exact) mass is 396 g/mol. The molecule has 8 heteroatoms. The minimum Gasteiger partial charge on any atom is -0.497 e. The summed E-state index contributed by atoms with van der Waals surface area (Å²) in [6.45, 7) is 4.92. The van der Waals surface area contributed by atoms with Gasteiger partial charge in [-0.3, -0.25) is 0 Å². The van der Waals surface area contributed by atoms with Crippen LogP contribution in [0.5, 0.6) is 5.75 Å². The van der Waals surface area contributed by atoms with Crippen molar-refractivity contribution in [2.45, 2.75) is 24.0 Å². The van der Waals surface area contributed by atoms with Crippen LogP contribution in [0.4, 0.5) is 4.79 Å². The van der Waals surface area contributed by atoms with E-state index >= 15 is 0 Å². The van der Waals surface area contributed by atoms with Gasteiger partial charge in [0.05, 0.1) is 12.0 Å². The zero-order valence-electron chi connectivity index (χ0n) is 15.1. The predicted molar refractivity (Wildman–Crippen MR) is 104 cm³/mol. The number of urea groups is 1. The van der Waals surface area contributed by atoms with E-state index in [9.17, 15) is 13.2 Å². The number of hydrogen-bond acceptors (Lipinski definition) is 5. The van der Waals surface area contributed by atoms with Crippen molar-refractivity contribution in [2.24, 2.45) is 0 Å². The molecule has 0 saturated carbocycles. The molecule has 2 rings (SSSR count). The van der Waals surface area contributed by atoms with Gasteiger partial charge in [-0.2, -0.15) is 0 Å². The van der Waals surface area contributed by atoms with E-state index in [4.69, 9.17) is 4.74 Å². The number of carbonyl (C=O) groups excluding carboxylic acids is 1. The zero-order chi connectivity index (χ0) is 19.2. The number of nitrogens with one attached hydrogen (secondary N) is 1. The Bertz CT molecular complexity index is 798. The maximum absolute atomic E-state index is 13.2. The van der Waals surface area contributed by atoms with Crippen LogP contribution in [0.15, 0.2) is 46.7 Å². The SMILES string of the molecule is CCN(CC)C(=O)NCC(c1cccs1)S(=O)(=O)c1ccc(OC)cc1. The Morgan fingerprint density at radius 2 is 1.85 bits per heavy atom. The highest BCUT2D eigenvalue weighted by Gasteiger charge is 2.30. The van der Waals surface area contributed by atoms with Crippen molar-refractivity contribution >= 4 is 27.2 Å². The van der Waals surface area contributed by atoms with Crippen molar-refractivity contribution in [3.63, 3.8) is 0 Å². The molecule has 1 aromatic heterocycles. The number of rotatable bonds is 8. The van der Waals surface area contributed by atoms with Gasteiger partial charge in [0.1, 0.15) is 11.0 Å². The number of sulfone groups is 1. The molecule has 0 bridgehead atoms. The summed E-state index contributed by atoms with van der Waals surface area (Å²) in [6.07, 6.45) is 0. The summed E-state index contributed by atoms with van der Waals surface area (Å²) in [7, 11) is -2.13. The van der Waals surface area contributed by atoms with Gasteiger partial charge in [-0.15, -0.1) is 11.3 Å². The molecule has 6 nitrogen and oxygen atoms in total. The zero-order valence-corrected chi connectivity index (χ0v) is 16.8. The average molecular weight is 397 g/mol. The molecule has 142 valence electrons. The lowest BCUT2D eigenvalue weighted by atomic mass is 10.3. The van der Waals surface area contributed by atoms with Crippen LogP contribution in [-0.4, -0.2) is 46.1 Å². The van der Waals surface area contributed by atoms with Crippen molar-refractivity contribution in [2.75, 3.05) is 26.7 Å². The van der Waals surface area contributed by atoms with Gasteiger partial charge in [0, 0.05) is 24.5 Å². The number of hydrogen-bond donors (Lipinski definition) is 1. The lowest BCUT2D eigenvalue weighted by Crippen LogP contribution is -2.42. The average Bonchev–Trinajstić information content (AvgIpc) is 3.17. The summed E-state index contributed by atoms with van der Waals surface area (Å²) in [4.78, 5) is 14.7. The molecule has 1 atom stereocenters. The Labute approximate surface area is 158 Å².